The molecule has 0 atom stereocenters. The monoisotopic (exact) mass is 273 g/mol. The van der Waals surface area contributed by atoms with Crippen LogP contribution >= 0.6 is 11.6 Å². The molecule has 1 aromatic carbocycles. The molecule has 0 saturated heterocycles. The number of fused-ring (bicyclic) bond motifs is 3. The highest BCUT2D eigenvalue weighted by Gasteiger charge is 2.09. The van der Waals surface area contributed by atoms with Crippen LogP contribution < -0.4 is 0 Å². The number of hydrogen-bond donors (Lipinski definition) is 1. The molecule has 0 spiro atoms. The van der Waals surface area contributed by atoms with Crippen molar-refractivity contribution in [3.63, 3.8) is 0 Å². The maximum atomic E-state index is 6.11. The molecule has 96 valence electrons. The molecule has 3 rings (SSSR count). The van der Waals surface area contributed by atoms with Crippen LogP contribution in [-0.4, -0.2) is 21.6 Å². The number of nitrogens with one attached hydrogen (secondary N) is 1. The lowest BCUT2D eigenvalue weighted by Crippen LogP contribution is -1.79. The van der Waals surface area contributed by atoms with E-state index in [1.54, 1.807) is 6.26 Å². The molecule has 3 aromatic rings. The molecular formula is C14H12ClN3O. The van der Waals surface area contributed by atoms with Gasteiger partial charge < -0.3 is 9.72 Å². The van der Waals surface area contributed by atoms with Crippen molar-refractivity contribution in [3.8, 4) is 0 Å². The second kappa shape index (κ2) is 4.90. The van der Waals surface area contributed by atoms with E-state index in [-0.39, 0.29) is 0 Å². The summed E-state index contributed by atoms with van der Waals surface area (Å²) >= 11 is 6.11. The zero-order chi connectivity index (χ0) is 13.2. The van der Waals surface area contributed by atoms with Gasteiger partial charge in [-0.2, -0.15) is 0 Å². The van der Waals surface area contributed by atoms with Crippen LogP contribution in [0, 0.1) is 0 Å². The molecule has 0 aliphatic carbocycles. The lowest BCUT2D eigenvalue weighted by Gasteiger charge is -1.96. The number of nitrogens with zero attached hydrogens (tertiary/aromatic N) is 2. The summed E-state index contributed by atoms with van der Waals surface area (Å²) in [5.41, 5.74) is 2.79. The number of ether oxygens (including phenoxy) is 1. The molecule has 5 heteroatoms. The van der Waals surface area contributed by atoms with Gasteiger partial charge >= 0.3 is 0 Å². The second-order valence-corrected chi connectivity index (χ2v) is 4.43. The van der Waals surface area contributed by atoms with E-state index in [0.29, 0.717) is 11.8 Å². The van der Waals surface area contributed by atoms with Gasteiger partial charge in [0.15, 0.2) is 0 Å². The van der Waals surface area contributed by atoms with Crippen LogP contribution in [-0.2, 0) is 4.74 Å². The summed E-state index contributed by atoms with van der Waals surface area (Å²) in [6, 6.07) is 6.05. The Kier molecular flexibility index (Phi) is 3.09. The number of halogens is 1. The predicted octanol–water partition coefficient (Wildman–Crippen LogP) is 3.77. The van der Waals surface area contributed by atoms with Crippen LogP contribution in [0.2, 0.25) is 5.15 Å². The second-order valence-electron chi connectivity index (χ2n) is 4.08. The maximum Gasteiger partial charge on any atom is 0.143 e. The van der Waals surface area contributed by atoms with Crippen LogP contribution in [0.3, 0.4) is 0 Å². The fourth-order valence-corrected chi connectivity index (χ4v) is 2.27. The Morgan fingerprint density at radius 2 is 2.26 bits per heavy atom. The summed E-state index contributed by atoms with van der Waals surface area (Å²) in [5, 5.41) is 2.35. The smallest absolute Gasteiger partial charge is 0.143 e. The van der Waals surface area contributed by atoms with Crippen LogP contribution in [0.4, 0.5) is 0 Å². The first-order valence-electron chi connectivity index (χ1n) is 5.99. The van der Waals surface area contributed by atoms with Gasteiger partial charge in [-0.3, -0.25) is 0 Å². The Labute approximate surface area is 115 Å². The average Bonchev–Trinajstić information content (AvgIpc) is 2.78. The first kappa shape index (κ1) is 12.0. The fourth-order valence-electron chi connectivity index (χ4n) is 2.03. The number of rotatable bonds is 3. The first-order valence-corrected chi connectivity index (χ1v) is 6.37. The summed E-state index contributed by atoms with van der Waals surface area (Å²) < 4.78 is 5.19. The average molecular weight is 274 g/mol. The van der Waals surface area contributed by atoms with Gasteiger partial charge in [0.2, 0.25) is 0 Å². The fraction of sp³-hybridized carbons (Fsp3) is 0.143. The minimum absolute atomic E-state index is 0.467. The Hall–Kier alpha value is -2.07. The number of benzene rings is 1. The lowest BCUT2D eigenvalue weighted by atomic mass is 10.1. The van der Waals surface area contributed by atoms with E-state index in [4.69, 9.17) is 16.3 Å². The van der Waals surface area contributed by atoms with E-state index in [1.807, 2.05) is 31.2 Å². The van der Waals surface area contributed by atoms with E-state index < -0.39 is 0 Å². The van der Waals surface area contributed by atoms with Crippen LogP contribution in [0.25, 0.3) is 28.0 Å². The summed E-state index contributed by atoms with van der Waals surface area (Å²) in [5.74, 6) is 0. The van der Waals surface area contributed by atoms with Gasteiger partial charge in [-0.15, -0.1) is 0 Å². The summed E-state index contributed by atoms with van der Waals surface area (Å²) in [6.07, 6.45) is 5.06. The highest BCUT2D eigenvalue weighted by Crippen LogP contribution is 2.29. The third-order valence-electron chi connectivity index (χ3n) is 2.89. The topological polar surface area (TPSA) is 50.8 Å². The minimum Gasteiger partial charge on any atom is -0.501 e. The Balaban J connectivity index is 2.14. The molecule has 0 bridgehead atoms. The molecule has 0 aliphatic heterocycles. The summed E-state index contributed by atoms with van der Waals surface area (Å²) in [4.78, 5) is 11.4. The van der Waals surface area contributed by atoms with E-state index in [1.165, 1.54) is 6.33 Å². The Morgan fingerprint density at radius 3 is 3.11 bits per heavy atom. The quantitative estimate of drug-likeness (QED) is 0.584. The number of aromatic amines is 1. The highest BCUT2D eigenvalue weighted by atomic mass is 35.5. The van der Waals surface area contributed by atoms with Crippen molar-refractivity contribution in [1.29, 1.82) is 0 Å². The largest absolute Gasteiger partial charge is 0.501 e. The highest BCUT2D eigenvalue weighted by molar-refractivity contribution is 6.36. The molecule has 0 amide bonds. The van der Waals surface area contributed by atoms with Crippen molar-refractivity contribution in [1.82, 2.24) is 15.0 Å². The Bertz CT molecular complexity index is 764. The van der Waals surface area contributed by atoms with Crippen molar-refractivity contribution in [3.05, 3.63) is 41.5 Å². The first-order chi connectivity index (χ1) is 9.29. The van der Waals surface area contributed by atoms with E-state index in [9.17, 15) is 0 Å². The third-order valence-corrected chi connectivity index (χ3v) is 3.18. The molecule has 0 fully saturated rings. The van der Waals surface area contributed by atoms with E-state index in [0.717, 1.165) is 27.5 Å². The van der Waals surface area contributed by atoms with Gasteiger partial charge in [-0.1, -0.05) is 23.7 Å². The molecule has 4 nitrogen and oxygen atoms in total. The van der Waals surface area contributed by atoms with Crippen molar-refractivity contribution >= 4 is 39.6 Å². The Morgan fingerprint density at radius 1 is 1.37 bits per heavy atom. The van der Waals surface area contributed by atoms with Gasteiger partial charge in [0.05, 0.1) is 18.3 Å². The molecule has 0 aliphatic rings. The van der Waals surface area contributed by atoms with E-state index in [2.05, 4.69) is 15.0 Å². The van der Waals surface area contributed by atoms with Crippen molar-refractivity contribution in [2.24, 2.45) is 0 Å². The van der Waals surface area contributed by atoms with Crippen molar-refractivity contribution in [2.75, 3.05) is 6.61 Å². The zero-order valence-electron chi connectivity index (χ0n) is 10.4. The molecule has 0 unspecified atom stereocenters. The molecule has 1 N–H and O–H groups in total. The number of hydrogen-bond acceptors (Lipinski definition) is 3. The van der Waals surface area contributed by atoms with Crippen LogP contribution in [0.15, 0.2) is 30.8 Å². The summed E-state index contributed by atoms with van der Waals surface area (Å²) in [7, 11) is 0. The molecule has 2 heterocycles. The zero-order valence-corrected chi connectivity index (χ0v) is 11.1. The number of H-pyrrole nitrogens is 1. The van der Waals surface area contributed by atoms with E-state index >= 15 is 0 Å². The SMILES string of the molecule is CCO/C=C/c1ccc2c(c1)[nH]c1ncnc(Cl)c12. The van der Waals surface area contributed by atoms with Gasteiger partial charge in [-0.25, -0.2) is 9.97 Å². The lowest BCUT2D eigenvalue weighted by molar-refractivity contribution is 0.272. The minimum atomic E-state index is 0.467. The standard InChI is InChI=1S/C14H12ClN3O/c1-2-19-6-5-9-3-4-10-11(7-9)18-14-12(10)13(15)16-8-17-14/h3-8H,2H2,1H3,(H,16,17,18)/b6-5+. The molecule has 19 heavy (non-hydrogen) atoms. The normalized spacial score (nSPS) is 11.7. The van der Waals surface area contributed by atoms with Crippen LogP contribution in [0.5, 0.6) is 0 Å². The molecule has 2 aromatic heterocycles. The number of aromatic nitrogens is 3. The summed E-state index contributed by atoms with van der Waals surface area (Å²) in [6.45, 7) is 2.61. The predicted molar refractivity (Wildman–Crippen MR) is 77.1 cm³/mol. The van der Waals surface area contributed by atoms with Crippen LogP contribution in [0.1, 0.15) is 12.5 Å². The van der Waals surface area contributed by atoms with Crippen molar-refractivity contribution in [2.45, 2.75) is 6.92 Å². The van der Waals surface area contributed by atoms with Gasteiger partial charge in [0.25, 0.3) is 0 Å². The molecule has 0 saturated carbocycles. The molecule has 0 radical (unpaired) electrons. The van der Waals surface area contributed by atoms with Gasteiger partial charge in [0.1, 0.15) is 17.1 Å². The van der Waals surface area contributed by atoms with Gasteiger partial charge in [-0.05, 0) is 24.6 Å². The van der Waals surface area contributed by atoms with Gasteiger partial charge in [0, 0.05) is 10.9 Å². The maximum absolute atomic E-state index is 6.11. The molecular weight excluding hydrogens is 262 g/mol. The third kappa shape index (κ3) is 2.15. The van der Waals surface area contributed by atoms with Crippen molar-refractivity contribution < 1.29 is 4.74 Å².